The van der Waals surface area contributed by atoms with Gasteiger partial charge in [0.2, 0.25) is 0 Å². The summed E-state index contributed by atoms with van der Waals surface area (Å²) in [5.74, 6) is 1.33. The van der Waals surface area contributed by atoms with Crippen LogP contribution in [0.15, 0.2) is 21.9 Å². The summed E-state index contributed by atoms with van der Waals surface area (Å²) in [7, 11) is 0. The van der Waals surface area contributed by atoms with E-state index in [9.17, 15) is 4.79 Å². The van der Waals surface area contributed by atoms with Crippen LogP contribution >= 0.6 is 0 Å². The van der Waals surface area contributed by atoms with Crippen LogP contribution in [0.5, 0.6) is 0 Å². The van der Waals surface area contributed by atoms with Crippen molar-refractivity contribution >= 4 is 17.9 Å². The second-order valence-electron chi connectivity index (χ2n) is 8.87. The van der Waals surface area contributed by atoms with Crippen LogP contribution in [0, 0.1) is 23.2 Å². The van der Waals surface area contributed by atoms with Crippen molar-refractivity contribution in [2.45, 2.75) is 71.5 Å². The summed E-state index contributed by atoms with van der Waals surface area (Å²) in [4.78, 5) is 12.0. The van der Waals surface area contributed by atoms with E-state index in [0.717, 1.165) is 37.7 Å². The Labute approximate surface area is 155 Å². The van der Waals surface area contributed by atoms with Gasteiger partial charge in [0.05, 0.1) is 17.3 Å². The van der Waals surface area contributed by atoms with Crippen molar-refractivity contribution in [2.75, 3.05) is 6.61 Å². The van der Waals surface area contributed by atoms with Crippen LogP contribution in [0.3, 0.4) is 0 Å². The molecular formula is C21H30N2O3. The van der Waals surface area contributed by atoms with Crippen molar-refractivity contribution in [3.63, 3.8) is 0 Å². The fourth-order valence-corrected chi connectivity index (χ4v) is 6.29. The van der Waals surface area contributed by atoms with Gasteiger partial charge in [-0.25, -0.2) is 4.79 Å². The van der Waals surface area contributed by atoms with Gasteiger partial charge in [-0.3, -0.25) is 0 Å². The third-order valence-electron chi connectivity index (χ3n) is 7.64. The summed E-state index contributed by atoms with van der Waals surface area (Å²) in [6.07, 6.45) is 8.82. The summed E-state index contributed by atoms with van der Waals surface area (Å²) in [5, 5.41) is 8.62. The lowest BCUT2D eigenvalue weighted by atomic mass is 9.49. The second-order valence-corrected chi connectivity index (χ2v) is 8.87. The minimum Gasteiger partial charge on any atom is -0.458 e. The van der Waals surface area contributed by atoms with E-state index in [0.29, 0.717) is 24.4 Å². The molecule has 2 heterocycles. The van der Waals surface area contributed by atoms with E-state index in [1.807, 2.05) is 13.0 Å². The molecule has 0 spiro atoms. The molecule has 5 nitrogen and oxygen atoms in total. The molecule has 2 aliphatic heterocycles. The predicted octanol–water partition coefficient (Wildman–Crippen LogP) is 3.93. The zero-order valence-electron chi connectivity index (χ0n) is 16.3. The molecule has 3 fully saturated rings. The zero-order valence-corrected chi connectivity index (χ0v) is 16.3. The number of esters is 1. The molecule has 4 aliphatic rings. The van der Waals surface area contributed by atoms with Crippen molar-refractivity contribution in [1.82, 2.24) is 0 Å². The Morgan fingerprint density at radius 1 is 1.31 bits per heavy atom. The van der Waals surface area contributed by atoms with Gasteiger partial charge in [0, 0.05) is 11.9 Å². The molecule has 2 saturated carbocycles. The first kappa shape index (κ1) is 17.9. The minimum absolute atomic E-state index is 0.106. The van der Waals surface area contributed by atoms with Crippen LogP contribution in [0.1, 0.15) is 59.8 Å². The molecule has 0 unspecified atom stereocenters. The number of rotatable bonds is 2. The zero-order chi connectivity index (χ0) is 18.5. The third-order valence-corrected chi connectivity index (χ3v) is 7.64. The molecule has 5 heteroatoms. The maximum absolute atomic E-state index is 12.0. The quantitative estimate of drug-likeness (QED) is 0.427. The third kappa shape index (κ3) is 2.58. The Kier molecular flexibility index (Phi) is 4.33. The number of ether oxygens (including phenoxy) is 2. The fourth-order valence-electron chi connectivity index (χ4n) is 6.29. The van der Waals surface area contributed by atoms with Gasteiger partial charge in [-0.05, 0) is 75.2 Å². The first-order chi connectivity index (χ1) is 12.4. The maximum Gasteiger partial charge on any atom is 0.336 e. The van der Waals surface area contributed by atoms with Crippen LogP contribution in [-0.4, -0.2) is 36.2 Å². The van der Waals surface area contributed by atoms with Gasteiger partial charge in [0.25, 0.3) is 0 Å². The standard InChI is InChI=1S/C21H30N2O3/c1-5-22-23-16-7-9-20(3)15(13(16)2)6-10-21(4)18(20)12-17(26-21)14-8-11-25-19(14)24/h5,8,13,15,17-18H,6-7,9-12H2,1-4H3/b22-5-,23-16-/t13-,15-,17+,18+,20-,21-/m1/s1. The van der Waals surface area contributed by atoms with Gasteiger partial charge in [0.1, 0.15) is 6.61 Å². The highest BCUT2D eigenvalue weighted by atomic mass is 16.5. The average molecular weight is 358 g/mol. The number of carbonyl (C=O) groups is 1. The van der Waals surface area contributed by atoms with Crippen LogP contribution in [0.25, 0.3) is 0 Å². The topological polar surface area (TPSA) is 60.3 Å². The smallest absolute Gasteiger partial charge is 0.336 e. The van der Waals surface area contributed by atoms with Crippen molar-refractivity contribution in [1.29, 1.82) is 0 Å². The van der Waals surface area contributed by atoms with Gasteiger partial charge in [-0.15, -0.1) is 0 Å². The Balaban J connectivity index is 1.61. The van der Waals surface area contributed by atoms with Crippen LogP contribution in [0.4, 0.5) is 0 Å². The van der Waals surface area contributed by atoms with Crippen LogP contribution in [0.2, 0.25) is 0 Å². The molecule has 0 amide bonds. The van der Waals surface area contributed by atoms with E-state index in [1.165, 1.54) is 5.71 Å². The Bertz CT molecular complexity index is 697. The molecule has 0 N–H and O–H groups in total. The molecule has 0 aromatic carbocycles. The van der Waals surface area contributed by atoms with Gasteiger partial charge < -0.3 is 9.47 Å². The van der Waals surface area contributed by atoms with E-state index >= 15 is 0 Å². The molecule has 26 heavy (non-hydrogen) atoms. The van der Waals surface area contributed by atoms with E-state index < -0.39 is 0 Å². The molecule has 2 aliphatic carbocycles. The van der Waals surface area contributed by atoms with Gasteiger partial charge >= 0.3 is 5.97 Å². The number of fused-ring (bicyclic) bond motifs is 3. The van der Waals surface area contributed by atoms with Crippen molar-refractivity contribution in [3.05, 3.63) is 11.6 Å². The largest absolute Gasteiger partial charge is 0.458 e. The number of hydrogen-bond acceptors (Lipinski definition) is 5. The summed E-state index contributed by atoms with van der Waals surface area (Å²) in [5.41, 5.74) is 2.06. The van der Waals surface area contributed by atoms with Gasteiger partial charge in [0.15, 0.2) is 0 Å². The average Bonchev–Trinajstić information content (AvgIpc) is 3.18. The SMILES string of the molecule is C/C=N\N=C1\CC[C@]2(C)[C@H](CC[C@@]3(C)O[C@H](C4=CCOC4=O)C[C@@H]23)[C@H]1C. The molecule has 4 rings (SSSR count). The number of carbonyl (C=O) groups excluding carboxylic acids is 1. The van der Waals surface area contributed by atoms with Gasteiger partial charge in [-0.1, -0.05) is 13.8 Å². The molecule has 142 valence electrons. The number of nitrogens with zero attached hydrogens (tertiary/aromatic N) is 2. The number of cyclic esters (lactones) is 1. The predicted molar refractivity (Wildman–Crippen MR) is 101 cm³/mol. The molecule has 1 saturated heterocycles. The minimum atomic E-state index is -0.192. The lowest BCUT2D eigenvalue weighted by Crippen LogP contribution is -2.55. The van der Waals surface area contributed by atoms with Crippen molar-refractivity contribution in [2.24, 2.45) is 33.4 Å². The Morgan fingerprint density at radius 2 is 2.12 bits per heavy atom. The summed E-state index contributed by atoms with van der Waals surface area (Å²) in [6.45, 7) is 9.33. The van der Waals surface area contributed by atoms with E-state index in [1.54, 1.807) is 6.21 Å². The van der Waals surface area contributed by atoms with Crippen molar-refractivity contribution < 1.29 is 14.3 Å². The highest BCUT2D eigenvalue weighted by molar-refractivity contribution is 5.91. The van der Waals surface area contributed by atoms with E-state index in [2.05, 4.69) is 31.0 Å². The molecule has 6 atom stereocenters. The summed E-state index contributed by atoms with van der Waals surface area (Å²) < 4.78 is 11.6. The van der Waals surface area contributed by atoms with Gasteiger partial charge in [-0.2, -0.15) is 10.2 Å². The van der Waals surface area contributed by atoms with Crippen LogP contribution in [-0.2, 0) is 14.3 Å². The highest BCUT2D eigenvalue weighted by Crippen LogP contribution is 2.63. The highest BCUT2D eigenvalue weighted by Gasteiger charge is 2.61. The second kappa shape index (κ2) is 6.29. The normalized spacial score (nSPS) is 47.0. The number of hydrogen-bond donors (Lipinski definition) is 0. The van der Waals surface area contributed by atoms with E-state index in [4.69, 9.17) is 9.47 Å². The molecular weight excluding hydrogens is 328 g/mol. The summed E-state index contributed by atoms with van der Waals surface area (Å²) in [6, 6.07) is 0. The van der Waals surface area contributed by atoms with E-state index in [-0.39, 0.29) is 23.1 Å². The fraction of sp³-hybridized carbons (Fsp3) is 0.762. The monoisotopic (exact) mass is 358 g/mol. The maximum atomic E-state index is 12.0. The Hall–Kier alpha value is -1.49. The van der Waals surface area contributed by atoms with Crippen LogP contribution < -0.4 is 0 Å². The first-order valence-corrected chi connectivity index (χ1v) is 9.98. The lowest BCUT2D eigenvalue weighted by molar-refractivity contribution is -0.140. The molecule has 0 radical (unpaired) electrons. The summed E-state index contributed by atoms with van der Waals surface area (Å²) >= 11 is 0. The lowest BCUT2D eigenvalue weighted by Gasteiger charge is -2.57. The first-order valence-electron chi connectivity index (χ1n) is 9.98. The molecule has 0 aromatic rings. The van der Waals surface area contributed by atoms with Crippen molar-refractivity contribution in [3.8, 4) is 0 Å². The Morgan fingerprint density at radius 3 is 2.81 bits per heavy atom. The molecule has 0 bridgehead atoms. The molecule has 0 aromatic heterocycles.